The molecule has 0 radical (unpaired) electrons. The van der Waals surface area contributed by atoms with Crippen LogP contribution in [0, 0.1) is 17.0 Å². The van der Waals surface area contributed by atoms with E-state index in [0.717, 1.165) is 13.1 Å². The summed E-state index contributed by atoms with van der Waals surface area (Å²) in [5.74, 6) is 1.39. The Kier molecular flexibility index (Phi) is 4.06. The summed E-state index contributed by atoms with van der Waals surface area (Å²) in [5.41, 5.74) is -0.155. The van der Waals surface area contributed by atoms with Crippen molar-refractivity contribution >= 4 is 23.1 Å². The molecule has 23 heavy (non-hydrogen) atoms. The number of hydrogen-bond acceptors (Lipinski definition) is 9. The highest BCUT2D eigenvalue weighted by molar-refractivity contribution is 5.73. The van der Waals surface area contributed by atoms with Crippen molar-refractivity contribution in [2.75, 3.05) is 43.4 Å². The lowest BCUT2D eigenvalue weighted by molar-refractivity contribution is -0.383. The van der Waals surface area contributed by atoms with Gasteiger partial charge in [-0.2, -0.15) is 0 Å². The van der Waals surface area contributed by atoms with E-state index in [1.54, 1.807) is 13.0 Å². The second kappa shape index (κ2) is 6.16. The molecule has 0 aromatic carbocycles. The Morgan fingerprint density at radius 2 is 2.04 bits per heavy atom. The molecule has 0 bridgehead atoms. The molecule has 1 saturated heterocycles. The molecule has 10 nitrogen and oxygen atoms in total. The molecule has 1 aliphatic heterocycles. The molecule has 122 valence electrons. The SMILES string of the molecule is Cc1cc(Nc2ncnc(N3CCN(C)CC3)c2[N+](=O)[O-])no1. The maximum absolute atomic E-state index is 11.5. The van der Waals surface area contributed by atoms with Gasteiger partial charge in [0.2, 0.25) is 11.6 Å². The van der Waals surface area contributed by atoms with E-state index in [1.807, 2.05) is 11.9 Å². The van der Waals surface area contributed by atoms with Gasteiger partial charge in [0, 0.05) is 32.2 Å². The fourth-order valence-electron chi connectivity index (χ4n) is 2.43. The Hall–Kier alpha value is -2.75. The van der Waals surface area contributed by atoms with Crippen LogP contribution in [-0.4, -0.2) is 58.2 Å². The van der Waals surface area contributed by atoms with Crippen molar-refractivity contribution in [3.8, 4) is 0 Å². The average Bonchev–Trinajstić information content (AvgIpc) is 2.92. The van der Waals surface area contributed by atoms with E-state index in [0.29, 0.717) is 30.5 Å². The summed E-state index contributed by atoms with van der Waals surface area (Å²) in [6.07, 6.45) is 1.32. The van der Waals surface area contributed by atoms with E-state index in [-0.39, 0.29) is 11.5 Å². The smallest absolute Gasteiger partial charge is 0.353 e. The summed E-state index contributed by atoms with van der Waals surface area (Å²) in [6, 6.07) is 1.64. The van der Waals surface area contributed by atoms with Crippen LogP contribution >= 0.6 is 0 Å². The lowest BCUT2D eigenvalue weighted by atomic mass is 10.3. The molecule has 1 N–H and O–H groups in total. The number of aryl methyl sites for hydroxylation is 1. The number of nitro groups is 1. The lowest BCUT2D eigenvalue weighted by Crippen LogP contribution is -2.45. The maximum atomic E-state index is 11.5. The first kappa shape index (κ1) is 15.2. The number of nitrogens with zero attached hydrogens (tertiary/aromatic N) is 6. The van der Waals surface area contributed by atoms with Crippen molar-refractivity contribution in [2.45, 2.75) is 6.92 Å². The first-order valence-corrected chi connectivity index (χ1v) is 7.18. The molecule has 3 heterocycles. The number of rotatable bonds is 4. The Bertz CT molecular complexity index is 709. The highest BCUT2D eigenvalue weighted by Crippen LogP contribution is 2.33. The van der Waals surface area contributed by atoms with E-state index in [4.69, 9.17) is 4.52 Å². The first-order chi connectivity index (χ1) is 11.0. The lowest BCUT2D eigenvalue weighted by Gasteiger charge is -2.32. The van der Waals surface area contributed by atoms with E-state index in [1.165, 1.54) is 6.33 Å². The van der Waals surface area contributed by atoms with E-state index >= 15 is 0 Å². The largest absolute Gasteiger partial charge is 0.360 e. The van der Waals surface area contributed by atoms with Crippen molar-refractivity contribution in [1.29, 1.82) is 0 Å². The molecule has 0 spiro atoms. The second-order valence-electron chi connectivity index (χ2n) is 5.39. The number of aromatic nitrogens is 3. The zero-order valence-corrected chi connectivity index (χ0v) is 12.9. The van der Waals surface area contributed by atoms with Gasteiger partial charge >= 0.3 is 5.69 Å². The van der Waals surface area contributed by atoms with Crippen LogP contribution in [0.25, 0.3) is 0 Å². The van der Waals surface area contributed by atoms with Crippen LogP contribution in [0.4, 0.5) is 23.1 Å². The zero-order chi connectivity index (χ0) is 16.4. The number of hydrogen-bond donors (Lipinski definition) is 1. The molecule has 1 aliphatic rings. The van der Waals surface area contributed by atoms with Gasteiger partial charge < -0.3 is 19.6 Å². The van der Waals surface area contributed by atoms with Crippen LogP contribution in [0.1, 0.15) is 5.76 Å². The fraction of sp³-hybridized carbons (Fsp3) is 0.462. The Labute approximate surface area is 132 Å². The Balaban J connectivity index is 1.93. The van der Waals surface area contributed by atoms with Gasteiger partial charge in [0.1, 0.15) is 12.1 Å². The van der Waals surface area contributed by atoms with Crippen molar-refractivity contribution in [3.05, 3.63) is 28.3 Å². The molecule has 0 atom stereocenters. The van der Waals surface area contributed by atoms with Crippen LogP contribution < -0.4 is 10.2 Å². The molecule has 0 aliphatic carbocycles. The second-order valence-corrected chi connectivity index (χ2v) is 5.39. The summed E-state index contributed by atoms with van der Waals surface area (Å²) in [6.45, 7) is 4.74. The van der Waals surface area contributed by atoms with Crippen LogP contribution in [0.5, 0.6) is 0 Å². The van der Waals surface area contributed by atoms with Crippen LogP contribution in [0.15, 0.2) is 16.9 Å². The number of anilines is 3. The number of nitrogens with one attached hydrogen (secondary N) is 1. The molecular formula is C13H17N7O3. The van der Waals surface area contributed by atoms with E-state index in [2.05, 4.69) is 25.3 Å². The van der Waals surface area contributed by atoms with Gasteiger partial charge in [-0.25, -0.2) is 9.97 Å². The van der Waals surface area contributed by atoms with Crippen molar-refractivity contribution in [3.63, 3.8) is 0 Å². The molecule has 10 heteroatoms. The summed E-state index contributed by atoms with van der Waals surface area (Å²) < 4.78 is 4.95. The number of piperazine rings is 1. The molecule has 0 saturated carbocycles. The van der Waals surface area contributed by atoms with Gasteiger partial charge in [-0.1, -0.05) is 5.16 Å². The standard InChI is InChI=1S/C13H17N7O3/c1-9-7-10(17-23-9)16-12-11(20(21)22)13(15-8-14-12)19-5-3-18(2)4-6-19/h7-8H,3-6H2,1-2H3,(H,14,15,16,17). The first-order valence-electron chi connectivity index (χ1n) is 7.18. The normalized spacial score (nSPS) is 15.7. The van der Waals surface area contributed by atoms with Crippen molar-refractivity contribution in [2.24, 2.45) is 0 Å². The van der Waals surface area contributed by atoms with E-state index in [9.17, 15) is 10.1 Å². The third kappa shape index (κ3) is 3.21. The fourth-order valence-corrected chi connectivity index (χ4v) is 2.43. The van der Waals surface area contributed by atoms with Crippen LogP contribution in [0.3, 0.4) is 0 Å². The minimum absolute atomic E-state index is 0.104. The Morgan fingerprint density at radius 3 is 2.65 bits per heavy atom. The van der Waals surface area contributed by atoms with Gasteiger partial charge in [-0.05, 0) is 14.0 Å². The molecule has 2 aromatic rings. The third-order valence-electron chi connectivity index (χ3n) is 3.66. The monoisotopic (exact) mass is 319 g/mol. The van der Waals surface area contributed by atoms with Crippen molar-refractivity contribution < 1.29 is 9.45 Å². The van der Waals surface area contributed by atoms with E-state index < -0.39 is 4.92 Å². The molecule has 3 rings (SSSR count). The van der Waals surface area contributed by atoms with Gasteiger partial charge in [-0.15, -0.1) is 0 Å². The zero-order valence-electron chi connectivity index (χ0n) is 12.9. The summed E-state index contributed by atoms with van der Waals surface area (Å²) in [7, 11) is 2.02. The molecule has 1 fully saturated rings. The maximum Gasteiger partial charge on any atom is 0.353 e. The van der Waals surface area contributed by atoms with Gasteiger partial charge in [0.25, 0.3) is 0 Å². The predicted octanol–water partition coefficient (Wildman–Crippen LogP) is 1.18. The Morgan fingerprint density at radius 1 is 1.30 bits per heavy atom. The highest BCUT2D eigenvalue weighted by Gasteiger charge is 2.29. The van der Waals surface area contributed by atoms with Crippen molar-refractivity contribution in [1.82, 2.24) is 20.0 Å². The van der Waals surface area contributed by atoms with Gasteiger partial charge in [-0.3, -0.25) is 10.1 Å². The molecule has 2 aromatic heterocycles. The summed E-state index contributed by atoms with van der Waals surface area (Å²) >= 11 is 0. The third-order valence-corrected chi connectivity index (χ3v) is 3.66. The van der Waals surface area contributed by atoms with Gasteiger partial charge in [0.05, 0.1) is 4.92 Å². The highest BCUT2D eigenvalue weighted by atomic mass is 16.6. The van der Waals surface area contributed by atoms with Crippen LogP contribution in [0.2, 0.25) is 0 Å². The molecule has 0 unspecified atom stereocenters. The molecular weight excluding hydrogens is 302 g/mol. The van der Waals surface area contributed by atoms with Crippen LogP contribution in [-0.2, 0) is 0 Å². The topological polar surface area (TPSA) is 113 Å². The van der Waals surface area contributed by atoms with Gasteiger partial charge in [0.15, 0.2) is 5.82 Å². The minimum Gasteiger partial charge on any atom is -0.360 e. The predicted molar refractivity (Wildman–Crippen MR) is 82.9 cm³/mol. The number of likely N-dealkylation sites (N-methyl/N-ethyl adjacent to an activating group) is 1. The minimum atomic E-state index is -0.469. The quantitative estimate of drug-likeness (QED) is 0.655. The molecule has 0 amide bonds. The summed E-state index contributed by atoms with van der Waals surface area (Å²) in [5, 5.41) is 18.2. The summed E-state index contributed by atoms with van der Waals surface area (Å²) in [4.78, 5) is 23.3. The average molecular weight is 319 g/mol.